The number of hydrogen-bond acceptors (Lipinski definition) is 7. The molecule has 0 amide bonds. The van der Waals surface area contributed by atoms with Gasteiger partial charge in [-0.25, -0.2) is 9.79 Å². The molecule has 0 saturated heterocycles. The van der Waals surface area contributed by atoms with E-state index in [0.717, 1.165) is 16.7 Å². The summed E-state index contributed by atoms with van der Waals surface area (Å²) in [6.45, 7) is 4.69. The first-order valence-corrected chi connectivity index (χ1v) is 14.9. The van der Waals surface area contributed by atoms with Gasteiger partial charge >= 0.3 is 5.97 Å². The summed E-state index contributed by atoms with van der Waals surface area (Å²) in [6.07, 6.45) is 2.33. The third-order valence-corrected chi connectivity index (χ3v) is 8.19. The molecular formula is C32H29BrN2O5S. The van der Waals surface area contributed by atoms with Crippen LogP contribution in [0.4, 0.5) is 0 Å². The third kappa shape index (κ3) is 5.92. The molecule has 4 aromatic rings. The quantitative estimate of drug-likeness (QED) is 0.226. The molecular weight excluding hydrogens is 604 g/mol. The molecule has 0 fully saturated rings. The molecule has 41 heavy (non-hydrogen) atoms. The molecule has 1 aromatic heterocycles. The Morgan fingerprint density at radius 1 is 1.05 bits per heavy atom. The van der Waals surface area contributed by atoms with Crippen LogP contribution in [-0.2, 0) is 16.1 Å². The van der Waals surface area contributed by atoms with Gasteiger partial charge in [0.25, 0.3) is 5.56 Å². The molecule has 210 valence electrons. The van der Waals surface area contributed by atoms with Crippen LogP contribution in [0, 0.1) is 0 Å². The SMILES string of the molecule is CCOc1cc(/C=c2\sc3n(c2=O)[C@@H](c2ccccc2)C(C(=O)OC)=C(CC)N=3)cc(Br)c1OCc1ccccc1. The Balaban J connectivity index is 1.61. The largest absolute Gasteiger partial charge is 0.490 e. The van der Waals surface area contributed by atoms with Gasteiger partial charge in [0.05, 0.1) is 40.0 Å². The second-order valence-electron chi connectivity index (χ2n) is 9.24. The number of thiazole rings is 1. The van der Waals surface area contributed by atoms with Gasteiger partial charge in [-0.1, -0.05) is 78.9 Å². The number of nitrogens with zero attached hydrogens (tertiary/aromatic N) is 2. The van der Waals surface area contributed by atoms with Crippen LogP contribution in [0.15, 0.2) is 98.3 Å². The summed E-state index contributed by atoms with van der Waals surface area (Å²) in [4.78, 5) is 32.1. The lowest BCUT2D eigenvalue weighted by atomic mass is 9.95. The van der Waals surface area contributed by atoms with E-state index in [-0.39, 0.29) is 5.56 Å². The van der Waals surface area contributed by atoms with Crippen LogP contribution in [0.3, 0.4) is 0 Å². The summed E-state index contributed by atoms with van der Waals surface area (Å²) >= 11 is 4.93. The number of fused-ring (bicyclic) bond motifs is 1. The van der Waals surface area contributed by atoms with Crippen LogP contribution >= 0.6 is 27.3 Å². The van der Waals surface area contributed by atoms with Crippen LogP contribution in [0.1, 0.15) is 43.0 Å². The Bertz CT molecular complexity index is 1780. The number of carbonyl (C=O) groups is 1. The van der Waals surface area contributed by atoms with Gasteiger partial charge in [0.2, 0.25) is 0 Å². The third-order valence-electron chi connectivity index (χ3n) is 6.62. The van der Waals surface area contributed by atoms with E-state index in [4.69, 9.17) is 19.2 Å². The van der Waals surface area contributed by atoms with Crippen molar-refractivity contribution in [2.45, 2.75) is 32.9 Å². The topological polar surface area (TPSA) is 79.1 Å². The fourth-order valence-electron chi connectivity index (χ4n) is 4.77. The maximum absolute atomic E-state index is 13.9. The first kappa shape index (κ1) is 28.6. The number of esters is 1. The first-order valence-electron chi connectivity index (χ1n) is 13.3. The molecule has 1 aliphatic heterocycles. The highest BCUT2D eigenvalue weighted by Gasteiger charge is 2.33. The van der Waals surface area contributed by atoms with E-state index < -0.39 is 12.0 Å². The van der Waals surface area contributed by atoms with Crippen molar-refractivity contribution in [3.05, 3.63) is 125 Å². The molecule has 1 aliphatic rings. The van der Waals surface area contributed by atoms with Crippen LogP contribution in [-0.4, -0.2) is 24.3 Å². The Morgan fingerprint density at radius 2 is 1.76 bits per heavy atom. The van der Waals surface area contributed by atoms with Crippen LogP contribution in [0.25, 0.3) is 6.08 Å². The zero-order chi connectivity index (χ0) is 28.9. The van der Waals surface area contributed by atoms with Crippen LogP contribution < -0.4 is 24.4 Å². The Morgan fingerprint density at radius 3 is 2.41 bits per heavy atom. The maximum atomic E-state index is 13.9. The number of benzene rings is 3. The predicted molar refractivity (Wildman–Crippen MR) is 163 cm³/mol. The molecule has 1 atom stereocenters. The summed E-state index contributed by atoms with van der Waals surface area (Å²) in [6, 6.07) is 22.5. The maximum Gasteiger partial charge on any atom is 0.338 e. The summed E-state index contributed by atoms with van der Waals surface area (Å²) < 4.78 is 20.0. The minimum absolute atomic E-state index is 0.238. The lowest BCUT2D eigenvalue weighted by Gasteiger charge is -2.25. The van der Waals surface area contributed by atoms with Gasteiger partial charge in [0.15, 0.2) is 16.3 Å². The summed E-state index contributed by atoms with van der Waals surface area (Å²) in [5.74, 6) is 0.666. The van der Waals surface area contributed by atoms with Crippen molar-refractivity contribution in [3.8, 4) is 11.5 Å². The first-order chi connectivity index (χ1) is 19.9. The van der Waals surface area contributed by atoms with E-state index in [1.807, 2.05) is 92.7 Å². The zero-order valence-electron chi connectivity index (χ0n) is 22.9. The van der Waals surface area contributed by atoms with Gasteiger partial charge in [-0.2, -0.15) is 0 Å². The molecule has 0 saturated carbocycles. The van der Waals surface area contributed by atoms with E-state index in [2.05, 4.69) is 15.9 Å². The molecule has 5 rings (SSSR count). The van der Waals surface area contributed by atoms with E-state index in [9.17, 15) is 9.59 Å². The monoisotopic (exact) mass is 632 g/mol. The number of rotatable bonds is 9. The van der Waals surface area contributed by atoms with Gasteiger partial charge < -0.3 is 14.2 Å². The smallest absolute Gasteiger partial charge is 0.338 e. The molecule has 0 N–H and O–H groups in total. The average molecular weight is 634 g/mol. The van der Waals surface area contributed by atoms with Crippen molar-refractivity contribution in [3.63, 3.8) is 0 Å². The number of carbonyl (C=O) groups excluding carboxylic acids is 1. The second-order valence-corrected chi connectivity index (χ2v) is 11.1. The highest BCUT2D eigenvalue weighted by Crippen LogP contribution is 2.38. The highest BCUT2D eigenvalue weighted by atomic mass is 79.9. The number of methoxy groups -OCH3 is 1. The fourth-order valence-corrected chi connectivity index (χ4v) is 6.36. The number of halogens is 1. The van der Waals surface area contributed by atoms with E-state index >= 15 is 0 Å². The van der Waals surface area contributed by atoms with Crippen molar-refractivity contribution in [1.82, 2.24) is 4.57 Å². The molecule has 9 heteroatoms. The molecule has 3 aromatic carbocycles. The highest BCUT2D eigenvalue weighted by molar-refractivity contribution is 9.10. The summed E-state index contributed by atoms with van der Waals surface area (Å²) in [7, 11) is 1.34. The second kappa shape index (κ2) is 12.7. The van der Waals surface area contributed by atoms with Crippen molar-refractivity contribution < 1.29 is 19.0 Å². The Hall–Kier alpha value is -3.95. The van der Waals surface area contributed by atoms with Gasteiger partial charge in [-0.05, 0) is 64.2 Å². The molecule has 0 bridgehead atoms. The number of hydrogen-bond donors (Lipinski definition) is 0. The van der Waals surface area contributed by atoms with Crippen LogP contribution in [0.5, 0.6) is 11.5 Å². The predicted octanol–water partition coefficient (Wildman–Crippen LogP) is 5.54. The van der Waals surface area contributed by atoms with Crippen LogP contribution in [0.2, 0.25) is 0 Å². The number of ether oxygens (including phenoxy) is 3. The van der Waals surface area contributed by atoms with Gasteiger partial charge in [0.1, 0.15) is 6.61 Å². The Labute approximate surface area is 250 Å². The molecule has 0 spiro atoms. The molecule has 0 radical (unpaired) electrons. The molecule has 0 unspecified atom stereocenters. The molecule has 0 aliphatic carbocycles. The van der Waals surface area contributed by atoms with Crippen molar-refractivity contribution in [1.29, 1.82) is 0 Å². The lowest BCUT2D eigenvalue weighted by molar-refractivity contribution is -0.136. The molecule has 7 nitrogen and oxygen atoms in total. The summed E-state index contributed by atoms with van der Waals surface area (Å²) in [5.41, 5.74) is 3.36. The zero-order valence-corrected chi connectivity index (χ0v) is 25.3. The fraction of sp³-hybridized carbons (Fsp3) is 0.219. The van der Waals surface area contributed by atoms with E-state index in [0.29, 0.717) is 56.2 Å². The average Bonchev–Trinajstić information content (AvgIpc) is 3.30. The van der Waals surface area contributed by atoms with Gasteiger partial charge in [0, 0.05) is 0 Å². The van der Waals surface area contributed by atoms with E-state index in [1.54, 1.807) is 4.57 Å². The number of allylic oxidation sites excluding steroid dienone is 1. The lowest BCUT2D eigenvalue weighted by Crippen LogP contribution is -2.40. The van der Waals surface area contributed by atoms with Crippen molar-refractivity contribution in [2.75, 3.05) is 13.7 Å². The Kier molecular flexibility index (Phi) is 8.85. The minimum atomic E-state index is -0.642. The standard InChI is InChI=1S/C32H29BrN2O5S/c1-4-24-27(31(37)38-3)28(22-14-10-7-11-15-22)35-30(36)26(41-32(35)34-24)18-21-16-23(33)29(25(17-21)39-5-2)40-19-20-12-8-6-9-13-20/h6-18,28H,4-5,19H2,1-3H3/b26-18-/t28-/m0/s1. The minimum Gasteiger partial charge on any atom is -0.490 e. The van der Waals surface area contributed by atoms with E-state index in [1.165, 1.54) is 18.4 Å². The summed E-state index contributed by atoms with van der Waals surface area (Å²) in [5, 5.41) is 0. The van der Waals surface area contributed by atoms with Gasteiger partial charge in [-0.3, -0.25) is 9.36 Å². The molecule has 2 heterocycles. The van der Waals surface area contributed by atoms with Gasteiger partial charge in [-0.15, -0.1) is 0 Å². The normalized spacial score (nSPS) is 14.8. The van der Waals surface area contributed by atoms with Crippen molar-refractivity contribution >= 4 is 39.3 Å². The van der Waals surface area contributed by atoms with Crippen molar-refractivity contribution in [2.24, 2.45) is 4.99 Å². The number of aromatic nitrogens is 1.